The molecular formula is C16H17N5O3S. The molecule has 0 fully saturated rings. The number of primary sulfonamides is 1. The number of nitrogens with zero attached hydrogens (tertiary/aromatic N) is 1. The van der Waals surface area contributed by atoms with Crippen LogP contribution in [0.3, 0.4) is 0 Å². The first-order chi connectivity index (χ1) is 11.8. The van der Waals surface area contributed by atoms with E-state index in [4.69, 9.17) is 5.14 Å². The quantitative estimate of drug-likeness (QED) is 0.566. The van der Waals surface area contributed by atoms with E-state index in [9.17, 15) is 13.2 Å². The third-order valence-corrected chi connectivity index (χ3v) is 4.68. The van der Waals surface area contributed by atoms with Gasteiger partial charge in [0.1, 0.15) is 11.5 Å². The minimum atomic E-state index is -3.87. The number of hydrogen-bond acceptors (Lipinski definition) is 4. The molecule has 2 aromatic heterocycles. The van der Waals surface area contributed by atoms with Gasteiger partial charge in [-0.1, -0.05) is 12.1 Å². The number of aromatic nitrogens is 3. The van der Waals surface area contributed by atoms with E-state index in [-0.39, 0.29) is 10.6 Å². The summed E-state index contributed by atoms with van der Waals surface area (Å²) >= 11 is 0. The van der Waals surface area contributed by atoms with Crippen LogP contribution in [0.1, 0.15) is 21.9 Å². The summed E-state index contributed by atoms with van der Waals surface area (Å²) in [6, 6.07) is 8.38. The van der Waals surface area contributed by atoms with Gasteiger partial charge in [0.05, 0.1) is 16.3 Å². The number of amides is 1. The van der Waals surface area contributed by atoms with Crippen LogP contribution < -0.4 is 10.5 Å². The van der Waals surface area contributed by atoms with Crippen molar-refractivity contribution in [3.63, 3.8) is 0 Å². The number of aromatic amines is 2. The van der Waals surface area contributed by atoms with E-state index < -0.39 is 15.9 Å². The molecule has 3 aromatic rings. The van der Waals surface area contributed by atoms with Crippen molar-refractivity contribution in [1.29, 1.82) is 0 Å². The summed E-state index contributed by atoms with van der Waals surface area (Å²) in [5.41, 5.74) is 3.18. The minimum absolute atomic E-state index is 0.0886. The predicted octanol–water partition coefficient (Wildman–Crippen LogP) is 1.92. The Labute approximate surface area is 144 Å². The summed E-state index contributed by atoms with van der Waals surface area (Å²) in [6.07, 6.45) is 1.18. The Morgan fingerprint density at radius 2 is 1.96 bits per heavy atom. The number of nitrogens with two attached hydrogens (primary N) is 1. The number of anilines is 1. The molecule has 0 aliphatic rings. The van der Waals surface area contributed by atoms with Crippen molar-refractivity contribution >= 4 is 21.6 Å². The average Bonchev–Trinajstić information content (AvgIpc) is 3.15. The van der Waals surface area contributed by atoms with Crippen molar-refractivity contribution in [2.75, 3.05) is 5.32 Å². The molecule has 0 saturated heterocycles. The third-order valence-electron chi connectivity index (χ3n) is 3.79. The number of nitrogens with one attached hydrogen (secondary N) is 3. The number of H-pyrrole nitrogens is 2. The zero-order valence-electron chi connectivity index (χ0n) is 13.6. The van der Waals surface area contributed by atoms with Crippen molar-refractivity contribution in [2.45, 2.75) is 18.7 Å². The topological polar surface area (TPSA) is 134 Å². The first-order valence-electron chi connectivity index (χ1n) is 7.41. The Kier molecular flexibility index (Phi) is 4.19. The molecule has 0 aliphatic heterocycles. The summed E-state index contributed by atoms with van der Waals surface area (Å²) < 4.78 is 22.6. The number of carbonyl (C=O) groups is 1. The SMILES string of the molecule is Cc1nc(-c2ccccc2NC(=O)c2cc(S(N)(=O)=O)c[nH]2)[nH]c1C. The first kappa shape index (κ1) is 16.9. The molecule has 8 nitrogen and oxygen atoms in total. The van der Waals surface area contributed by atoms with Crippen LogP contribution in [0.4, 0.5) is 5.69 Å². The van der Waals surface area contributed by atoms with Gasteiger partial charge in [-0.25, -0.2) is 18.5 Å². The van der Waals surface area contributed by atoms with Gasteiger partial charge in [-0.05, 0) is 32.0 Å². The molecule has 0 saturated carbocycles. The zero-order chi connectivity index (χ0) is 18.2. The lowest BCUT2D eigenvalue weighted by Gasteiger charge is -2.08. The maximum Gasteiger partial charge on any atom is 0.272 e. The monoisotopic (exact) mass is 359 g/mol. The van der Waals surface area contributed by atoms with Crippen LogP contribution in [0.5, 0.6) is 0 Å². The van der Waals surface area contributed by atoms with Crippen molar-refractivity contribution in [3.8, 4) is 11.4 Å². The van der Waals surface area contributed by atoms with Crippen LogP contribution in [0.15, 0.2) is 41.4 Å². The van der Waals surface area contributed by atoms with Crippen LogP contribution in [0, 0.1) is 13.8 Å². The van der Waals surface area contributed by atoms with E-state index in [1.165, 1.54) is 12.3 Å². The Morgan fingerprint density at radius 1 is 1.24 bits per heavy atom. The highest BCUT2D eigenvalue weighted by Crippen LogP contribution is 2.26. The molecule has 5 N–H and O–H groups in total. The molecule has 1 amide bonds. The van der Waals surface area contributed by atoms with E-state index in [0.29, 0.717) is 11.5 Å². The maximum absolute atomic E-state index is 12.4. The fourth-order valence-electron chi connectivity index (χ4n) is 2.33. The van der Waals surface area contributed by atoms with Crippen LogP contribution >= 0.6 is 0 Å². The van der Waals surface area contributed by atoms with Crippen LogP contribution in [-0.2, 0) is 10.0 Å². The lowest BCUT2D eigenvalue weighted by Crippen LogP contribution is -2.13. The second-order valence-electron chi connectivity index (χ2n) is 5.59. The summed E-state index contributed by atoms with van der Waals surface area (Å²) in [4.78, 5) is 22.5. The molecule has 0 aliphatic carbocycles. The number of benzene rings is 1. The summed E-state index contributed by atoms with van der Waals surface area (Å²) in [5, 5.41) is 7.80. The van der Waals surface area contributed by atoms with Gasteiger partial charge in [0.25, 0.3) is 5.91 Å². The average molecular weight is 359 g/mol. The molecule has 9 heteroatoms. The van der Waals surface area contributed by atoms with Crippen LogP contribution in [0.2, 0.25) is 0 Å². The van der Waals surface area contributed by atoms with E-state index in [0.717, 1.165) is 17.0 Å². The van der Waals surface area contributed by atoms with E-state index in [2.05, 4.69) is 20.3 Å². The molecule has 130 valence electrons. The van der Waals surface area contributed by atoms with E-state index in [1.54, 1.807) is 12.1 Å². The molecule has 25 heavy (non-hydrogen) atoms. The zero-order valence-corrected chi connectivity index (χ0v) is 14.4. The van der Waals surface area contributed by atoms with Gasteiger partial charge in [0, 0.05) is 17.5 Å². The Morgan fingerprint density at radius 3 is 2.56 bits per heavy atom. The molecule has 3 rings (SSSR count). The molecule has 0 radical (unpaired) electrons. The maximum atomic E-state index is 12.4. The second kappa shape index (κ2) is 6.19. The van der Waals surface area contributed by atoms with E-state index in [1.807, 2.05) is 26.0 Å². The molecular weight excluding hydrogens is 342 g/mol. The molecule has 0 spiro atoms. The molecule has 1 aromatic carbocycles. The molecule has 0 atom stereocenters. The number of imidazole rings is 1. The van der Waals surface area contributed by atoms with Gasteiger partial charge in [-0.3, -0.25) is 4.79 Å². The fourth-order valence-corrected chi connectivity index (χ4v) is 2.84. The molecule has 2 heterocycles. The number of aryl methyl sites for hydroxylation is 2. The minimum Gasteiger partial charge on any atom is -0.356 e. The summed E-state index contributed by atoms with van der Waals surface area (Å²) in [6.45, 7) is 3.81. The predicted molar refractivity (Wildman–Crippen MR) is 93.6 cm³/mol. The standard InChI is InChI=1S/C16H17N5O3S/c1-9-10(2)20-15(19-9)12-5-3-4-6-13(12)21-16(22)14-7-11(8-18-14)25(17,23)24/h3-8,18H,1-2H3,(H,19,20)(H,21,22)(H2,17,23,24). The van der Waals surface area contributed by atoms with Crippen molar-refractivity contribution in [1.82, 2.24) is 15.0 Å². The normalized spacial score (nSPS) is 11.5. The van der Waals surface area contributed by atoms with Gasteiger partial charge in [-0.15, -0.1) is 0 Å². The Hall–Kier alpha value is -2.91. The number of rotatable bonds is 4. The Balaban J connectivity index is 1.91. The first-order valence-corrected chi connectivity index (χ1v) is 8.95. The largest absolute Gasteiger partial charge is 0.356 e. The van der Waals surface area contributed by atoms with Gasteiger partial charge >= 0.3 is 0 Å². The van der Waals surface area contributed by atoms with Crippen LogP contribution in [-0.4, -0.2) is 29.3 Å². The van der Waals surface area contributed by atoms with Crippen molar-refractivity contribution < 1.29 is 13.2 Å². The van der Waals surface area contributed by atoms with Gasteiger partial charge < -0.3 is 15.3 Å². The highest BCUT2D eigenvalue weighted by molar-refractivity contribution is 7.89. The summed E-state index contributed by atoms with van der Waals surface area (Å²) in [7, 11) is -3.87. The van der Waals surface area contributed by atoms with Gasteiger partial charge in [0.15, 0.2) is 0 Å². The lowest BCUT2D eigenvalue weighted by molar-refractivity contribution is 0.102. The molecule has 0 unspecified atom stereocenters. The van der Waals surface area contributed by atoms with Crippen molar-refractivity contribution in [3.05, 3.63) is 53.6 Å². The summed E-state index contributed by atoms with van der Waals surface area (Å²) in [5.74, 6) is 0.157. The highest BCUT2D eigenvalue weighted by atomic mass is 32.2. The van der Waals surface area contributed by atoms with E-state index >= 15 is 0 Å². The Bertz CT molecular complexity index is 1030. The van der Waals surface area contributed by atoms with Crippen molar-refractivity contribution in [2.24, 2.45) is 5.14 Å². The second-order valence-corrected chi connectivity index (χ2v) is 7.15. The third kappa shape index (κ3) is 3.47. The lowest BCUT2D eigenvalue weighted by atomic mass is 10.1. The van der Waals surface area contributed by atoms with Crippen LogP contribution in [0.25, 0.3) is 11.4 Å². The molecule has 0 bridgehead atoms. The van der Waals surface area contributed by atoms with Gasteiger partial charge in [-0.2, -0.15) is 0 Å². The fraction of sp³-hybridized carbons (Fsp3) is 0.125. The van der Waals surface area contributed by atoms with Gasteiger partial charge in [0.2, 0.25) is 10.0 Å². The number of sulfonamides is 1. The smallest absolute Gasteiger partial charge is 0.272 e. The number of para-hydroxylation sites is 1. The number of carbonyl (C=O) groups excluding carboxylic acids is 1. The highest BCUT2D eigenvalue weighted by Gasteiger charge is 2.17. The number of hydrogen-bond donors (Lipinski definition) is 4.